The lowest BCUT2D eigenvalue weighted by atomic mass is 9.97. The van der Waals surface area contributed by atoms with E-state index in [2.05, 4.69) is 5.32 Å². The van der Waals surface area contributed by atoms with Crippen LogP contribution in [-0.2, 0) is 12.8 Å². The smallest absolute Gasteiger partial charge is 0.250 e. The lowest BCUT2D eigenvalue weighted by Gasteiger charge is -2.12. The van der Waals surface area contributed by atoms with Crippen molar-refractivity contribution in [1.29, 1.82) is 0 Å². The standard InChI is InChI=1S/C18H15ClN2O3/c19-16-7-2-1-6-14(16)18(22)15-10-12-4-3-5-13(12)11-17(15)20-8-9-21(23)24/h1-2,6-11,20H,3-5H2/b9-8+. The summed E-state index contributed by atoms with van der Waals surface area (Å²) >= 11 is 6.14. The molecule has 0 saturated carbocycles. The maximum atomic E-state index is 12.9. The second kappa shape index (κ2) is 6.84. The number of anilines is 1. The molecule has 0 saturated heterocycles. The minimum Gasteiger partial charge on any atom is -0.356 e. The number of ketones is 1. The first-order valence-corrected chi connectivity index (χ1v) is 7.96. The average Bonchev–Trinajstić information content (AvgIpc) is 3.01. The van der Waals surface area contributed by atoms with Gasteiger partial charge in [0.05, 0.1) is 16.1 Å². The van der Waals surface area contributed by atoms with Crippen molar-refractivity contribution in [1.82, 2.24) is 0 Å². The van der Waals surface area contributed by atoms with Crippen molar-refractivity contribution in [3.05, 3.63) is 86.2 Å². The van der Waals surface area contributed by atoms with Crippen LogP contribution in [0.5, 0.6) is 0 Å². The Hall–Kier alpha value is -2.66. The molecule has 1 aliphatic carbocycles. The van der Waals surface area contributed by atoms with Crippen LogP contribution in [0.15, 0.2) is 48.8 Å². The lowest BCUT2D eigenvalue weighted by Crippen LogP contribution is -2.07. The second-order valence-corrected chi connectivity index (χ2v) is 5.98. The zero-order chi connectivity index (χ0) is 17.1. The van der Waals surface area contributed by atoms with Gasteiger partial charge in [0, 0.05) is 16.8 Å². The van der Waals surface area contributed by atoms with E-state index in [4.69, 9.17) is 11.6 Å². The van der Waals surface area contributed by atoms with Gasteiger partial charge in [0.15, 0.2) is 5.78 Å². The molecule has 122 valence electrons. The molecule has 0 amide bonds. The summed E-state index contributed by atoms with van der Waals surface area (Å²) in [6.07, 6.45) is 4.95. The molecule has 3 rings (SSSR count). The van der Waals surface area contributed by atoms with E-state index >= 15 is 0 Å². The van der Waals surface area contributed by atoms with Gasteiger partial charge in [-0.2, -0.15) is 0 Å². The number of nitrogens with zero attached hydrogens (tertiary/aromatic N) is 1. The first-order chi connectivity index (χ1) is 11.6. The number of fused-ring (bicyclic) bond motifs is 1. The molecule has 0 unspecified atom stereocenters. The van der Waals surface area contributed by atoms with Crippen LogP contribution in [0.2, 0.25) is 5.02 Å². The van der Waals surface area contributed by atoms with Gasteiger partial charge in [-0.05, 0) is 54.7 Å². The fourth-order valence-electron chi connectivity index (χ4n) is 2.91. The predicted molar refractivity (Wildman–Crippen MR) is 93.1 cm³/mol. The van der Waals surface area contributed by atoms with Crippen molar-refractivity contribution in [2.24, 2.45) is 0 Å². The van der Waals surface area contributed by atoms with E-state index in [1.165, 1.54) is 11.8 Å². The molecule has 0 radical (unpaired) electrons. The minimum absolute atomic E-state index is 0.202. The molecule has 1 aliphatic rings. The van der Waals surface area contributed by atoms with Crippen molar-refractivity contribution in [3.63, 3.8) is 0 Å². The number of benzene rings is 2. The van der Waals surface area contributed by atoms with Crippen LogP contribution in [0, 0.1) is 10.1 Å². The summed E-state index contributed by atoms with van der Waals surface area (Å²) in [4.78, 5) is 22.8. The Morgan fingerprint density at radius 1 is 1.17 bits per heavy atom. The fraction of sp³-hybridized carbons (Fsp3) is 0.167. The highest BCUT2D eigenvalue weighted by atomic mass is 35.5. The number of carbonyl (C=O) groups excluding carboxylic acids is 1. The molecule has 0 heterocycles. The topological polar surface area (TPSA) is 72.2 Å². The maximum absolute atomic E-state index is 12.9. The van der Waals surface area contributed by atoms with Crippen LogP contribution in [0.4, 0.5) is 5.69 Å². The Balaban J connectivity index is 2.03. The molecule has 0 spiro atoms. The molecule has 2 aromatic rings. The normalized spacial score (nSPS) is 13.0. The molecule has 0 bridgehead atoms. The number of nitrogens with one attached hydrogen (secondary N) is 1. The highest BCUT2D eigenvalue weighted by Crippen LogP contribution is 2.31. The van der Waals surface area contributed by atoms with Gasteiger partial charge in [-0.3, -0.25) is 14.9 Å². The molecule has 0 aliphatic heterocycles. The Morgan fingerprint density at radius 2 is 1.88 bits per heavy atom. The summed E-state index contributed by atoms with van der Waals surface area (Å²) in [6, 6.07) is 10.6. The van der Waals surface area contributed by atoms with Gasteiger partial charge in [-0.1, -0.05) is 23.7 Å². The third-order valence-electron chi connectivity index (χ3n) is 4.03. The van der Waals surface area contributed by atoms with E-state index in [9.17, 15) is 14.9 Å². The van der Waals surface area contributed by atoms with Crippen LogP contribution in [-0.4, -0.2) is 10.7 Å². The van der Waals surface area contributed by atoms with E-state index in [1.54, 1.807) is 24.3 Å². The fourth-order valence-corrected chi connectivity index (χ4v) is 3.13. The SMILES string of the molecule is O=C(c1ccccc1Cl)c1cc2c(cc1N/C=C/[N+](=O)[O-])CCC2. The largest absolute Gasteiger partial charge is 0.356 e. The lowest BCUT2D eigenvalue weighted by molar-refractivity contribution is -0.402. The van der Waals surface area contributed by atoms with E-state index < -0.39 is 4.92 Å². The number of nitro groups is 1. The highest BCUT2D eigenvalue weighted by molar-refractivity contribution is 6.35. The minimum atomic E-state index is -0.560. The molecular formula is C18H15ClN2O3. The molecular weight excluding hydrogens is 328 g/mol. The van der Waals surface area contributed by atoms with Crippen LogP contribution >= 0.6 is 11.6 Å². The van der Waals surface area contributed by atoms with Gasteiger partial charge in [0.1, 0.15) is 0 Å². The second-order valence-electron chi connectivity index (χ2n) is 5.57. The number of rotatable bonds is 5. The van der Waals surface area contributed by atoms with Crippen molar-refractivity contribution >= 4 is 23.1 Å². The van der Waals surface area contributed by atoms with Gasteiger partial charge >= 0.3 is 0 Å². The molecule has 5 nitrogen and oxygen atoms in total. The zero-order valence-corrected chi connectivity index (χ0v) is 13.5. The van der Waals surface area contributed by atoms with Crippen molar-refractivity contribution in [2.75, 3.05) is 5.32 Å². The van der Waals surface area contributed by atoms with Gasteiger partial charge < -0.3 is 5.32 Å². The van der Waals surface area contributed by atoms with Crippen LogP contribution in [0.3, 0.4) is 0 Å². The number of hydrogen-bond donors (Lipinski definition) is 1. The monoisotopic (exact) mass is 342 g/mol. The quantitative estimate of drug-likeness (QED) is 0.501. The van der Waals surface area contributed by atoms with Crippen LogP contribution < -0.4 is 5.32 Å². The van der Waals surface area contributed by atoms with Crippen LogP contribution in [0.25, 0.3) is 0 Å². The zero-order valence-electron chi connectivity index (χ0n) is 12.8. The summed E-state index contributed by atoms with van der Waals surface area (Å²) in [7, 11) is 0. The Bertz CT molecular complexity index is 846. The molecule has 0 atom stereocenters. The van der Waals surface area contributed by atoms with Crippen molar-refractivity contribution in [3.8, 4) is 0 Å². The Kier molecular flexibility index (Phi) is 4.62. The summed E-state index contributed by atoms with van der Waals surface area (Å²) in [5.74, 6) is -0.202. The third kappa shape index (κ3) is 3.31. The van der Waals surface area contributed by atoms with Crippen LogP contribution in [0.1, 0.15) is 33.5 Å². The summed E-state index contributed by atoms with van der Waals surface area (Å²) in [6.45, 7) is 0. The number of carbonyl (C=O) groups is 1. The summed E-state index contributed by atoms with van der Waals surface area (Å²) in [5, 5.41) is 13.7. The number of halogens is 1. The first-order valence-electron chi connectivity index (χ1n) is 7.58. The third-order valence-corrected chi connectivity index (χ3v) is 4.36. The van der Waals surface area contributed by atoms with E-state index in [0.29, 0.717) is 21.8 Å². The molecule has 2 aromatic carbocycles. The van der Waals surface area contributed by atoms with E-state index in [0.717, 1.165) is 31.0 Å². The molecule has 0 aromatic heterocycles. The van der Waals surface area contributed by atoms with Gasteiger partial charge in [0.25, 0.3) is 0 Å². The molecule has 0 fully saturated rings. The number of aryl methyl sites for hydroxylation is 2. The average molecular weight is 343 g/mol. The first kappa shape index (κ1) is 16.2. The molecule has 6 heteroatoms. The molecule has 1 N–H and O–H groups in total. The maximum Gasteiger partial charge on any atom is 0.250 e. The Labute approximate surface area is 144 Å². The number of hydrogen-bond acceptors (Lipinski definition) is 4. The highest BCUT2D eigenvalue weighted by Gasteiger charge is 2.20. The van der Waals surface area contributed by atoms with Gasteiger partial charge in [-0.25, -0.2) is 0 Å². The molecule has 24 heavy (non-hydrogen) atoms. The predicted octanol–water partition coefficient (Wildman–Crippen LogP) is 4.22. The summed E-state index contributed by atoms with van der Waals surface area (Å²) in [5.41, 5.74) is 3.76. The Morgan fingerprint density at radius 3 is 2.58 bits per heavy atom. The van der Waals surface area contributed by atoms with E-state index in [1.807, 2.05) is 12.1 Å². The van der Waals surface area contributed by atoms with E-state index in [-0.39, 0.29) is 5.78 Å². The van der Waals surface area contributed by atoms with Gasteiger partial charge in [0.2, 0.25) is 6.20 Å². The van der Waals surface area contributed by atoms with Crippen molar-refractivity contribution < 1.29 is 9.72 Å². The van der Waals surface area contributed by atoms with Crippen molar-refractivity contribution in [2.45, 2.75) is 19.3 Å². The van der Waals surface area contributed by atoms with Gasteiger partial charge in [-0.15, -0.1) is 0 Å². The summed E-state index contributed by atoms with van der Waals surface area (Å²) < 4.78 is 0.